The summed E-state index contributed by atoms with van der Waals surface area (Å²) in [7, 11) is 1.61. The number of amides is 1. The normalized spacial score (nSPS) is 17.5. The number of hydrogen-bond donors (Lipinski definition) is 0. The molecule has 166 valence electrons. The van der Waals surface area contributed by atoms with Crippen molar-refractivity contribution >= 4 is 17.5 Å². The zero-order valence-corrected chi connectivity index (χ0v) is 18.4. The molecule has 2 fully saturated rings. The Morgan fingerprint density at radius 2 is 1.55 bits per heavy atom. The first-order chi connectivity index (χ1) is 15.1. The summed E-state index contributed by atoms with van der Waals surface area (Å²) in [6.45, 7) is 7.20. The molecule has 8 nitrogen and oxygen atoms in total. The Bertz CT molecular complexity index is 860. The van der Waals surface area contributed by atoms with Crippen molar-refractivity contribution in [1.82, 2.24) is 15.1 Å². The summed E-state index contributed by atoms with van der Waals surface area (Å²) in [6.07, 6.45) is 2.42. The molecule has 0 N–H and O–H groups in total. The van der Waals surface area contributed by atoms with Crippen LogP contribution in [0.2, 0.25) is 0 Å². The van der Waals surface area contributed by atoms with E-state index < -0.39 is 0 Å². The van der Waals surface area contributed by atoms with Crippen LogP contribution in [0.5, 0.6) is 11.5 Å². The van der Waals surface area contributed by atoms with E-state index in [1.54, 1.807) is 13.2 Å². The number of aromatic nitrogens is 2. The van der Waals surface area contributed by atoms with Crippen LogP contribution in [0, 0.1) is 5.92 Å². The lowest BCUT2D eigenvalue weighted by molar-refractivity contribution is -0.133. The molecule has 0 spiro atoms. The van der Waals surface area contributed by atoms with Crippen molar-refractivity contribution < 1.29 is 14.3 Å². The van der Waals surface area contributed by atoms with Crippen molar-refractivity contribution in [2.24, 2.45) is 5.92 Å². The van der Waals surface area contributed by atoms with Crippen molar-refractivity contribution in [3.05, 3.63) is 36.4 Å². The molecule has 1 amide bonds. The second kappa shape index (κ2) is 9.85. The zero-order chi connectivity index (χ0) is 21.6. The van der Waals surface area contributed by atoms with Crippen LogP contribution in [0.25, 0.3) is 0 Å². The number of hydrogen-bond acceptors (Lipinski definition) is 7. The molecule has 2 aliphatic rings. The third-order valence-electron chi connectivity index (χ3n) is 6.10. The smallest absolute Gasteiger partial charge is 0.260 e. The zero-order valence-electron chi connectivity index (χ0n) is 18.4. The summed E-state index contributed by atoms with van der Waals surface area (Å²) in [5.41, 5.74) is 0. The fourth-order valence-electron chi connectivity index (χ4n) is 4.01. The van der Waals surface area contributed by atoms with E-state index in [1.807, 2.05) is 29.2 Å². The molecule has 8 heteroatoms. The summed E-state index contributed by atoms with van der Waals surface area (Å²) in [4.78, 5) is 18.9. The summed E-state index contributed by atoms with van der Waals surface area (Å²) in [5.74, 6) is 3.95. The van der Waals surface area contributed by atoms with Crippen LogP contribution in [-0.2, 0) is 4.79 Å². The van der Waals surface area contributed by atoms with Crippen molar-refractivity contribution in [3.63, 3.8) is 0 Å². The Morgan fingerprint density at radius 1 is 0.935 bits per heavy atom. The first kappa shape index (κ1) is 21.2. The number of anilines is 2. The average molecular weight is 426 g/mol. The maximum atomic E-state index is 12.5. The van der Waals surface area contributed by atoms with Gasteiger partial charge in [0.25, 0.3) is 5.91 Å². The third kappa shape index (κ3) is 5.37. The number of rotatable bonds is 6. The lowest BCUT2D eigenvalue weighted by Crippen LogP contribution is -2.50. The van der Waals surface area contributed by atoms with Gasteiger partial charge in [-0.2, -0.15) is 0 Å². The van der Waals surface area contributed by atoms with E-state index in [2.05, 4.69) is 33.0 Å². The van der Waals surface area contributed by atoms with Gasteiger partial charge in [0.2, 0.25) is 0 Å². The lowest BCUT2D eigenvalue weighted by Gasteiger charge is -2.35. The van der Waals surface area contributed by atoms with Gasteiger partial charge in [0, 0.05) is 45.3 Å². The third-order valence-corrected chi connectivity index (χ3v) is 6.10. The number of nitrogens with zero attached hydrogens (tertiary/aromatic N) is 5. The SMILES string of the molecule is COc1cccc(OCC(=O)N2CCN(c3ccc(N4CCC(C)CC4)nn3)CC2)c1. The Hall–Kier alpha value is -3.03. The van der Waals surface area contributed by atoms with Crippen LogP contribution in [0.1, 0.15) is 19.8 Å². The van der Waals surface area contributed by atoms with Crippen LogP contribution in [0.15, 0.2) is 36.4 Å². The molecular weight excluding hydrogens is 394 g/mol. The van der Waals surface area contributed by atoms with Crippen molar-refractivity contribution in [1.29, 1.82) is 0 Å². The number of benzene rings is 1. The molecule has 2 saturated heterocycles. The Morgan fingerprint density at radius 3 is 2.16 bits per heavy atom. The Labute approximate surface area is 183 Å². The molecule has 0 radical (unpaired) electrons. The molecule has 0 bridgehead atoms. The van der Waals surface area contributed by atoms with Crippen LogP contribution >= 0.6 is 0 Å². The minimum atomic E-state index is -0.0109. The highest BCUT2D eigenvalue weighted by Crippen LogP contribution is 2.23. The van der Waals surface area contributed by atoms with Gasteiger partial charge < -0.3 is 24.2 Å². The highest BCUT2D eigenvalue weighted by atomic mass is 16.5. The van der Waals surface area contributed by atoms with E-state index in [-0.39, 0.29) is 12.5 Å². The highest BCUT2D eigenvalue weighted by Gasteiger charge is 2.23. The lowest BCUT2D eigenvalue weighted by atomic mass is 9.99. The van der Waals surface area contributed by atoms with Gasteiger partial charge in [0.15, 0.2) is 18.2 Å². The van der Waals surface area contributed by atoms with E-state index in [0.29, 0.717) is 24.6 Å². The molecule has 4 rings (SSSR count). The van der Waals surface area contributed by atoms with Crippen LogP contribution in [0.3, 0.4) is 0 Å². The summed E-state index contributed by atoms with van der Waals surface area (Å²) < 4.78 is 10.8. The number of piperidine rings is 1. The summed E-state index contributed by atoms with van der Waals surface area (Å²) >= 11 is 0. The molecule has 2 aliphatic heterocycles. The molecule has 3 heterocycles. The fraction of sp³-hybridized carbons (Fsp3) is 0.522. The first-order valence-electron chi connectivity index (χ1n) is 11.0. The molecule has 0 atom stereocenters. The largest absolute Gasteiger partial charge is 0.497 e. The van der Waals surface area contributed by atoms with Crippen molar-refractivity contribution in [2.45, 2.75) is 19.8 Å². The van der Waals surface area contributed by atoms with E-state index >= 15 is 0 Å². The first-order valence-corrected chi connectivity index (χ1v) is 11.0. The van der Waals surface area contributed by atoms with Gasteiger partial charge in [-0.1, -0.05) is 13.0 Å². The van der Waals surface area contributed by atoms with E-state index in [0.717, 1.165) is 43.7 Å². The summed E-state index contributed by atoms with van der Waals surface area (Å²) in [6, 6.07) is 11.4. The van der Waals surface area contributed by atoms with Crippen LogP contribution in [0.4, 0.5) is 11.6 Å². The predicted octanol–water partition coefficient (Wildman–Crippen LogP) is 2.45. The van der Waals surface area contributed by atoms with E-state index in [9.17, 15) is 4.79 Å². The Kier molecular flexibility index (Phi) is 6.74. The van der Waals surface area contributed by atoms with E-state index in [1.165, 1.54) is 12.8 Å². The number of methoxy groups -OCH3 is 1. The molecule has 0 saturated carbocycles. The van der Waals surface area contributed by atoms with Gasteiger partial charge in [0.1, 0.15) is 11.5 Å². The van der Waals surface area contributed by atoms with Gasteiger partial charge in [-0.25, -0.2) is 0 Å². The monoisotopic (exact) mass is 425 g/mol. The second-order valence-electron chi connectivity index (χ2n) is 8.25. The number of carbonyl (C=O) groups excluding carboxylic acids is 1. The maximum absolute atomic E-state index is 12.5. The van der Waals surface area contributed by atoms with Gasteiger partial charge in [-0.15, -0.1) is 10.2 Å². The van der Waals surface area contributed by atoms with Gasteiger partial charge in [-0.05, 0) is 43.0 Å². The molecule has 1 aromatic carbocycles. The molecule has 2 aromatic rings. The molecular formula is C23H31N5O3. The van der Waals surface area contributed by atoms with Crippen molar-refractivity contribution in [3.8, 4) is 11.5 Å². The minimum Gasteiger partial charge on any atom is -0.497 e. The van der Waals surface area contributed by atoms with Gasteiger partial charge >= 0.3 is 0 Å². The topological polar surface area (TPSA) is 71.0 Å². The number of piperazine rings is 1. The molecule has 31 heavy (non-hydrogen) atoms. The van der Waals surface area contributed by atoms with Crippen LogP contribution < -0.4 is 19.3 Å². The van der Waals surface area contributed by atoms with Crippen molar-refractivity contribution in [2.75, 3.05) is 62.8 Å². The van der Waals surface area contributed by atoms with Gasteiger partial charge in [0.05, 0.1) is 7.11 Å². The highest BCUT2D eigenvalue weighted by molar-refractivity contribution is 5.78. The predicted molar refractivity (Wildman–Crippen MR) is 120 cm³/mol. The molecule has 0 unspecified atom stereocenters. The standard InChI is InChI=1S/C23H31N5O3/c1-18-8-10-26(11-9-18)21-6-7-22(25-24-21)27-12-14-28(15-13-27)23(29)17-31-20-5-3-4-19(16-20)30-2/h3-7,16,18H,8-15,17H2,1-2H3. The van der Waals surface area contributed by atoms with Gasteiger partial charge in [-0.3, -0.25) is 4.79 Å². The minimum absolute atomic E-state index is 0.0109. The second-order valence-corrected chi connectivity index (χ2v) is 8.25. The molecule has 1 aromatic heterocycles. The van der Waals surface area contributed by atoms with E-state index in [4.69, 9.17) is 9.47 Å². The average Bonchev–Trinajstić information content (AvgIpc) is 2.83. The Balaban J connectivity index is 1.24. The number of ether oxygens (including phenoxy) is 2. The quantitative estimate of drug-likeness (QED) is 0.704. The maximum Gasteiger partial charge on any atom is 0.260 e. The summed E-state index contributed by atoms with van der Waals surface area (Å²) in [5, 5.41) is 8.91. The number of carbonyl (C=O) groups is 1. The van der Waals surface area contributed by atoms with Crippen LogP contribution in [-0.4, -0.2) is 74.0 Å². The fourth-order valence-corrected chi connectivity index (χ4v) is 4.01. The molecule has 0 aliphatic carbocycles.